The molecule has 0 bridgehead atoms. The van der Waals surface area contributed by atoms with E-state index in [1.54, 1.807) is 7.11 Å². The van der Waals surface area contributed by atoms with Crippen molar-refractivity contribution in [3.05, 3.63) is 29.8 Å². The second kappa shape index (κ2) is 10.6. The second-order valence-corrected chi connectivity index (χ2v) is 8.02. The molecule has 0 amide bonds. The summed E-state index contributed by atoms with van der Waals surface area (Å²) >= 11 is 0. The van der Waals surface area contributed by atoms with E-state index in [4.69, 9.17) is 9.47 Å². The van der Waals surface area contributed by atoms with Crippen molar-refractivity contribution >= 4 is 29.9 Å². The fraction of sp³-hybridized carbons (Fsp3) is 0.667. The van der Waals surface area contributed by atoms with Gasteiger partial charge in [0.05, 0.1) is 20.3 Å². The van der Waals surface area contributed by atoms with Crippen LogP contribution in [0.2, 0.25) is 0 Å². The molecule has 1 aromatic rings. The van der Waals surface area contributed by atoms with E-state index in [1.165, 1.54) is 5.56 Å². The van der Waals surface area contributed by atoms with Gasteiger partial charge >= 0.3 is 0 Å². The van der Waals surface area contributed by atoms with Crippen LogP contribution in [0.25, 0.3) is 0 Å². The largest absolute Gasteiger partial charge is 0.497 e. The van der Waals surface area contributed by atoms with Gasteiger partial charge in [0.2, 0.25) is 0 Å². The summed E-state index contributed by atoms with van der Waals surface area (Å²) in [6.07, 6.45) is 1.15. The first-order chi connectivity index (χ1) is 13.0. The Morgan fingerprint density at radius 1 is 1.21 bits per heavy atom. The van der Waals surface area contributed by atoms with Crippen LogP contribution in [0.3, 0.4) is 0 Å². The van der Waals surface area contributed by atoms with Crippen LogP contribution in [0.4, 0.5) is 0 Å². The lowest BCUT2D eigenvalue weighted by Gasteiger charge is -2.41. The zero-order valence-corrected chi connectivity index (χ0v) is 19.9. The van der Waals surface area contributed by atoms with E-state index in [9.17, 15) is 0 Å². The number of hydrogen-bond acceptors (Lipinski definition) is 4. The number of hydrogen-bond donors (Lipinski definition) is 1. The summed E-state index contributed by atoms with van der Waals surface area (Å²) in [7, 11) is 3.59. The Bertz CT molecular complexity index is 630. The first kappa shape index (κ1) is 23.2. The average molecular weight is 502 g/mol. The van der Waals surface area contributed by atoms with Gasteiger partial charge < -0.3 is 19.7 Å². The molecule has 3 rings (SSSR count). The number of nitrogens with one attached hydrogen (secondary N) is 1. The fourth-order valence-electron chi connectivity index (χ4n) is 4.01. The number of rotatable bonds is 5. The lowest BCUT2D eigenvalue weighted by molar-refractivity contribution is -0.00846. The molecule has 0 aliphatic carbocycles. The van der Waals surface area contributed by atoms with Crippen LogP contribution >= 0.6 is 24.0 Å². The van der Waals surface area contributed by atoms with Gasteiger partial charge in [0.15, 0.2) is 5.96 Å². The van der Waals surface area contributed by atoms with Gasteiger partial charge in [0.25, 0.3) is 0 Å². The molecule has 158 valence electrons. The highest BCUT2D eigenvalue weighted by molar-refractivity contribution is 14.0. The Labute approximate surface area is 186 Å². The summed E-state index contributed by atoms with van der Waals surface area (Å²) in [6, 6.07) is 8.47. The van der Waals surface area contributed by atoms with E-state index in [0.29, 0.717) is 5.92 Å². The number of aliphatic imine (C=N–C) groups is 1. The summed E-state index contributed by atoms with van der Waals surface area (Å²) in [5.74, 6) is 2.46. The predicted molar refractivity (Wildman–Crippen MR) is 125 cm³/mol. The van der Waals surface area contributed by atoms with Crippen molar-refractivity contribution in [3.63, 3.8) is 0 Å². The maximum atomic E-state index is 5.49. The Morgan fingerprint density at radius 2 is 1.89 bits per heavy atom. The molecular formula is C21H35IN4O2. The van der Waals surface area contributed by atoms with Crippen molar-refractivity contribution in [1.82, 2.24) is 15.1 Å². The van der Waals surface area contributed by atoms with E-state index in [1.807, 2.05) is 7.05 Å². The van der Waals surface area contributed by atoms with Gasteiger partial charge in [-0.1, -0.05) is 12.1 Å². The number of methoxy groups -OCH3 is 1. The number of likely N-dealkylation sites (tertiary alicyclic amines) is 1. The van der Waals surface area contributed by atoms with Crippen LogP contribution in [0.5, 0.6) is 5.75 Å². The molecule has 6 nitrogen and oxygen atoms in total. The highest BCUT2D eigenvalue weighted by Crippen LogP contribution is 2.28. The van der Waals surface area contributed by atoms with Crippen LogP contribution < -0.4 is 10.1 Å². The number of halogens is 1. The molecule has 0 spiro atoms. The number of morpholine rings is 1. The van der Waals surface area contributed by atoms with Gasteiger partial charge in [-0.3, -0.25) is 9.89 Å². The lowest BCUT2D eigenvalue weighted by atomic mass is 9.98. The molecule has 1 aromatic carbocycles. The van der Waals surface area contributed by atoms with Crippen LogP contribution in [-0.4, -0.2) is 81.4 Å². The smallest absolute Gasteiger partial charge is 0.193 e. The molecule has 0 aromatic heterocycles. The molecule has 1 unspecified atom stereocenters. The SMILES string of the molecule is CN=C(NCC(C)(C)N1CCOCC1)N1CCC(c2ccc(OC)cc2)C1.I. The van der Waals surface area contributed by atoms with Crippen LogP contribution in [-0.2, 0) is 4.74 Å². The Hall–Kier alpha value is -1.06. The molecule has 2 aliphatic heterocycles. The highest BCUT2D eigenvalue weighted by atomic mass is 127. The third-order valence-electron chi connectivity index (χ3n) is 5.83. The maximum Gasteiger partial charge on any atom is 0.193 e. The van der Waals surface area contributed by atoms with Crippen molar-refractivity contribution in [2.45, 2.75) is 31.7 Å². The summed E-state index contributed by atoms with van der Waals surface area (Å²) in [6.45, 7) is 11.2. The molecule has 0 radical (unpaired) electrons. The van der Waals surface area contributed by atoms with Crippen LogP contribution in [0, 0.1) is 0 Å². The molecule has 7 heteroatoms. The van der Waals surface area contributed by atoms with Crippen LogP contribution in [0.1, 0.15) is 31.7 Å². The number of nitrogens with zero attached hydrogens (tertiary/aromatic N) is 3. The van der Waals surface area contributed by atoms with E-state index in [-0.39, 0.29) is 29.5 Å². The first-order valence-electron chi connectivity index (χ1n) is 9.96. The van der Waals surface area contributed by atoms with E-state index in [0.717, 1.165) is 64.1 Å². The number of ether oxygens (including phenoxy) is 2. The van der Waals surface area contributed by atoms with Crippen molar-refractivity contribution < 1.29 is 9.47 Å². The van der Waals surface area contributed by atoms with Gasteiger partial charge in [0, 0.05) is 51.2 Å². The minimum Gasteiger partial charge on any atom is -0.497 e. The third kappa shape index (κ3) is 5.73. The second-order valence-electron chi connectivity index (χ2n) is 8.02. The van der Waals surface area contributed by atoms with Gasteiger partial charge in [-0.05, 0) is 38.0 Å². The van der Waals surface area contributed by atoms with Gasteiger partial charge in [-0.15, -0.1) is 24.0 Å². The topological polar surface area (TPSA) is 49.3 Å². The lowest BCUT2D eigenvalue weighted by Crippen LogP contribution is -2.56. The summed E-state index contributed by atoms with van der Waals surface area (Å²) < 4.78 is 10.8. The van der Waals surface area contributed by atoms with Crippen molar-refractivity contribution in [2.75, 3.05) is 60.1 Å². The van der Waals surface area contributed by atoms with Gasteiger partial charge in [0.1, 0.15) is 5.75 Å². The van der Waals surface area contributed by atoms with Crippen LogP contribution in [0.15, 0.2) is 29.3 Å². The third-order valence-corrected chi connectivity index (χ3v) is 5.83. The van der Waals surface area contributed by atoms with Crippen molar-refractivity contribution in [2.24, 2.45) is 4.99 Å². The Balaban J connectivity index is 0.00000280. The minimum absolute atomic E-state index is 0. The minimum atomic E-state index is 0. The molecule has 1 atom stereocenters. The molecule has 2 saturated heterocycles. The fourth-order valence-corrected chi connectivity index (χ4v) is 4.01. The maximum absolute atomic E-state index is 5.49. The normalized spacial score (nSPS) is 21.4. The summed E-state index contributed by atoms with van der Waals surface area (Å²) in [5.41, 5.74) is 1.46. The molecule has 2 heterocycles. The van der Waals surface area contributed by atoms with E-state index in [2.05, 4.69) is 58.2 Å². The van der Waals surface area contributed by atoms with E-state index >= 15 is 0 Å². The molecule has 28 heavy (non-hydrogen) atoms. The molecule has 0 saturated carbocycles. The van der Waals surface area contributed by atoms with Gasteiger partial charge in [-0.2, -0.15) is 0 Å². The molecule has 2 fully saturated rings. The predicted octanol–water partition coefficient (Wildman–Crippen LogP) is 2.79. The highest BCUT2D eigenvalue weighted by Gasteiger charge is 2.30. The molecule has 2 aliphatic rings. The standard InChI is InChI=1S/C21H34N4O2.HI/c1-21(2,25-11-13-27-14-12-25)16-23-20(22-3)24-10-9-18(15-24)17-5-7-19(26-4)8-6-17;/h5-8,18H,9-16H2,1-4H3,(H,22,23);1H. The molecular weight excluding hydrogens is 467 g/mol. The van der Waals surface area contributed by atoms with E-state index < -0.39 is 0 Å². The first-order valence-corrected chi connectivity index (χ1v) is 9.96. The monoisotopic (exact) mass is 502 g/mol. The zero-order valence-electron chi connectivity index (χ0n) is 17.6. The average Bonchev–Trinajstić information content (AvgIpc) is 3.19. The summed E-state index contributed by atoms with van der Waals surface area (Å²) in [5, 5.41) is 3.61. The Kier molecular flexibility index (Phi) is 8.82. The van der Waals surface area contributed by atoms with Gasteiger partial charge in [-0.25, -0.2) is 0 Å². The Morgan fingerprint density at radius 3 is 2.50 bits per heavy atom. The number of guanidine groups is 1. The van der Waals surface area contributed by atoms with Crippen molar-refractivity contribution in [1.29, 1.82) is 0 Å². The summed E-state index contributed by atoms with van der Waals surface area (Å²) in [4.78, 5) is 9.42. The number of benzene rings is 1. The molecule has 1 N–H and O–H groups in total. The quantitative estimate of drug-likeness (QED) is 0.382. The zero-order chi connectivity index (χ0) is 19.3. The van der Waals surface area contributed by atoms with Crippen molar-refractivity contribution in [3.8, 4) is 5.75 Å².